The number of ether oxygens (including phenoxy) is 2. The van der Waals surface area contributed by atoms with Crippen molar-refractivity contribution in [2.24, 2.45) is 0 Å². The van der Waals surface area contributed by atoms with E-state index in [4.69, 9.17) is 14.5 Å². The summed E-state index contributed by atoms with van der Waals surface area (Å²) in [6, 6.07) is 5.37. The van der Waals surface area contributed by atoms with Crippen molar-refractivity contribution in [2.75, 3.05) is 33.9 Å². The second-order valence-corrected chi connectivity index (χ2v) is 7.26. The molecule has 1 aromatic heterocycles. The largest absolute Gasteiger partial charge is 0.493 e. The summed E-state index contributed by atoms with van der Waals surface area (Å²) in [4.78, 5) is 24.4. The minimum absolute atomic E-state index is 0.0676. The zero-order valence-electron chi connectivity index (χ0n) is 16.4. The van der Waals surface area contributed by atoms with Crippen LogP contribution in [-0.2, 0) is 13.0 Å². The van der Waals surface area contributed by atoms with Gasteiger partial charge in [-0.3, -0.25) is 4.79 Å². The predicted octanol–water partition coefficient (Wildman–Crippen LogP) is 2.16. The van der Waals surface area contributed by atoms with Gasteiger partial charge in [0.1, 0.15) is 5.82 Å². The Morgan fingerprint density at radius 2 is 2.18 bits per heavy atom. The van der Waals surface area contributed by atoms with Crippen molar-refractivity contribution in [2.45, 2.75) is 31.7 Å². The van der Waals surface area contributed by atoms with Crippen molar-refractivity contribution < 1.29 is 14.3 Å². The highest BCUT2D eigenvalue weighted by molar-refractivity contribution is 5.98. The molecule has 0 unspecified atom stereocenters. The Morgan fingerprint density at radius 3 is 2.93 bits per heavy atom. The number of benzene rings is 1. The summed E-state index contributed by atoms with van der Waals surface area (Å²) in [5.41, 5.74) is 2.60. The summed E-state index contributed by atoms with van der Waals surface area (Å²) < 4.78 is 10.7. The first kappa shape index (κ1) is 18.7. The quantitative estimate of drug-likeness (QED) is 0.873. The van der Waals surface area contributed by atoms with Crippen molar-refractivity contribution in [3.8, 4) is 11.5 Å². The van der Waals surface area contributed by atoms with Crippen LogP contribution in [0.4, 0.5) is 0 Å². The molecule has 4 rings (SSSR count). The first-order valence-electron chi connectivity index (χ1n) is 9.77. The van der Waals surface area contributed by atoms with E-state index in [2.05, 4.69) is 10.3 Å². The standard InChI is InChI=1S/C21H26N4O3/c1-27-18-7-3-6-16(19(18)28-2)21(26)25-10-8-17-15(13-25)12-23-20(24-17)14-5-4-9-22-11-14/h3,6-7,12,14,22H,4-5,8-11,13H2,1-2H3/t14-/m0/s1. The zero-order valence-corrected chi connectivity index (χ0v) is 16.4. The average molecular weight is 382 g/mol. The van der Waals surface area contributed by atoms with Crippen LogP contribution >= 0.6 is 0 Å². The minimum Gasteiger partial charge on any atom is -0.493 e. The van der Waals surface area contributed by atoms with E-state index in [1.807, 2.05) is 11.1 Å². The van der Waals surface area contributed by atoms with Crippen molar-refractivity contribution in [1.82, 2.24) is 20.2 Å². The minimum atomic E-state index is -0.0676. The van der Waals surface area contributed by atoms with E-state index in [9.17, 15) is 4.79 Å². The summed E-state index contributed by atoms with van der Waals surface area (Å²) >= 11 is 0. The molecular formula is C21H26N4O3. The first-order valence-corrected chi connectivity index (χ1v) is 9.77. The van der Waals surface area contributed by atoms with E-state index < -0.39 is 0 Å². The number of methoxy groups -OCH3 is 2. The molecule has 0 spiro atoms. The van der Waals surface area contributed by atoms with Crippen molar-refractivity contribution >= 4 is 5.91 Å². The number of piperidine rings is 1. The van der Waals surface area contributed by atoms with Gasteiger partial charge in [-0.05, 0) is 31.5 Å². The number of rotatable bonds is 4. The van der Waals surface area contributed by atoms with E-state index in [0.717, 1.165) is 49.4 Å². The first-order chi connectivity index (χ1) is 13.7. The van der Waals surface area contributed by atoms with Gasteiger partial charge in [0.25, 0.3) is 5.91 Å². The number of hydrogen-bond donors (Lipinski definition) is 1. The third-order valence-corrected chi connectivity index (χ3v) is 5.54. The predicted molar refractivity (Wildman–Crippen MR) is 105 cm³/mol. The lowest BCUT2D eigenvalue weighted by molar-refractivity contribution is 0.0729. The van der Waals surface area contributed by atoms with Gasteiger partial charge in [-0.25, -0.2) is 9.97 Å². The number of fused-ring (bicyclic) bond motifs is 1. The number of para-hydroxylation sites is 1. The molecule has 2 aliphatic rings. The Morgan fingerprint density at radius 1 is 1.29 bits per heavy atom. The zero-order chi connectivity index (χ0) is 19.5. The van der Waals surface area contributed by atoms with E-state index in [-0.39, 0.29) is 5.91 Å². The number of hydrogen-bond acceptors (Lipinski definition) is 6. The lowest BCUT2D eigenvalue weighted by Crippen LogP contribution is -2.37. The van der Waals surface area contributed by atoms with Crippen LogP contribution in [0, 0.1) is 0 Å². The van der Waals surface area contributed by atoms with Gasteiger partial charge in [0.05, 0.1) is 25.5 Å². The molecule has 2 aromatic rings. The van der Waals surface area contributed by atoms with Crippen LogP contribution in [0.5, 0.6) is 11.5 Å². The monoisotopic (exact) mass is 382 g/mol. The molecule has 0 bridgehead atoms. The maximum absolute atomic E-state index is 13.1. The number of aromatic nitrogens is 2. The molecule has 7 nitrogen and oxygen atoms in total. The SMILES string of the molecule is COc1cccc(C(=O)N2CCc3nc([C@H]4CCCNC4)ncc3C2)c1OC. The molecule has 28 heavy (non-hydrogen) atoms. The van der Waals surface area contributed by atoms with E-state index >= 15 is 0 Å². The van der Waals surface area contributed by atoms with Gasteiger partial charge in [-0.2, -0.15) is 0 Å². The average Bonchev–Trinajstić information content (AvgIpc) is 2.77. The van der Waals surface area contributed by atoms with Gasteiger partial charge in [0.15, 0.2) is 11.5 Å². The van der Waals surface area contributed by atoms with E-state index in [1.54, 1.807) is 32.4 Å². The van der Waals surface area contributed by atoms with Gasteiger partial charge in [0, 0.05) is 43.7 Å². The highest BCUT2D eigenvalue weighted by Crippen LogP contribution is 2.32. The summed E-state index contributed by atoms with van der Waals surface area (Å²) in [6.07, 6.45) is 4.93. The third-order valence-electron chi connectivity index (χ3n) is 5.54. The van der Waals surface area contributed by atoms with Crippen LogP contribution in [0.3, 0.4) is 0 Å². The van der Waals surface area contributed by atoms with Crippen LogP contribution in [0.25, 0.3) is 0 Å². The Bertz CT molecular complexity index is 865. The molecule has 148 valence electrons. The van der Waals surface area contributed by atoms with E-state index in [0.29, 0.717) is 36.1 Å². The molecular weight excluding hydrogens is 356 g/mol. The van der Waals surface area contributed by atoms with Crippen molar-refractivity contribution in [3.05, 3.63) is 47.0 Å². The molecule has 0 saturated carbocycles. The molecule has 1 N–H and O–H groups in total. The molecule has 2 aliphatic heterocycles. The lowest BCUT2D eigenvalue weighted by Gasteiger charge is -2.29. The number of amides is 1. The highest BCUT2D eigenvalue weighted by Gasteiger charge is 2.27. The fraction of sp³-hybridized carbons (Fsp3) is 0.476. The lowest BCUT2D eigenvalue weighted by atomic mass is 9.98. The maximum Gasteiger partial charge on any atom is 0.258 e. The van der Waals surface area contributed by atoms with Crippen LogP contribution in [0.2, 0.25) is 0 Å². The summed E-state index contributed by atoms with van der Waals surface area (Å²) in [5.74, 6) is 2.28. The molecule has 0 aliphatic carbocycles. The smallest absolute Gasteiger partial charge is 0.258 e. The Balaban J connectivity index is 1.53. The Kier molecular flexibility index (Phi) is 5.43. The fourth-order valence-electron chi connectivity index (χ4n) is 4.00. The van der Waals surface area contributed by atoms with Crippen LogP contribution in [0.15, 0.2) is 24.4 Å². The van der Waals surface area contributed by atoms with E-state index in [1.165, 1.54) is 0 Å². The third kappa shape index (κ3) is 3.54. The van der Waals surface area contributed by atoms with Gasteiger partial charge < -0.3 is 19.7 Å². The molecule has 1 fully saturated rings. The highest BCUT2D eigenvalue weighted by atomic mass is 16.5. The Labute approximate surface area is 165 Å². The number of carbonyl (C=O) groups excluding carboxylic acids is 1. The number of nitrogens with one attached hydrogen (secondary N) is 1. The fourth-order valence-corrected chi connectivity index (χ4v) is 4.00. The second-order valence-electron chi connectivity index (χ2n) is 7.26. The molecule has 0 radical (unpaired) electrons. The second kappa shape index (κ2) is 8.14. The van der Waals surface area contributed by atoms with Gasteiger partial charge in [-0.15, -0.1) is 0 Å². The number of carbonyl (C=O) groups is 1. The molecule has 3 heterocycles. The van der Waals surface area contributed by atoms with Gasteiger partial charge >= 0.3 is 0 Å². The summed E-state index contributed by atoms with van der Waals surface area (Å²) in [6.45, 7) is 3.16. The molecule has 7 heteroatoms. The number of nitrogens with zero attached hydrogens (tertiary/aromatic N) is 3. The summed E-state index contributed by atoms with van der Waals surface area (Å²) in [5, 5.41) is 3.42. The normalized spacial score (nSPS) is 19.1. The van der Waals surface area contributed by atoms with Gasteiger partial charge in [-0.1, -0.05) is 6.07 Å². The molecule has 1 amide bonds. The molecule has 1 atom stereocenters. The summed E-state index contributed by atoms with van der Waals surface area (Å²) in [7, 11) is 3.12. The van der Waals surface area contributed by atoms with Crippen molar-refractivity contribution in [3.63, 3.8) is 0 Å². The van der Waals surface area contributed by atoms with Crippen molar-refractivity contribution in [1.29, 1.82) is 0 Å². The van der Waals surface area contributed by atoms with Crippen LogP contribution < -0.4 is 14.8 Å². The van der Waals surface area contributed by atoms with Crippen LogP contribution in [0.1, 0.15) is 46.2 Å². The molecule has 1 saturated heterocycles. The van der Waals surface area contributed by atoms with Crippen LogP contribution in [-0.4, -0.2) is 54.6 Å². The Hall–Kier alpha value is -2.67. The maximum atomic E-state index is 13.1. The van der Waals surface area contributed by atoms with Gasteiger partial charge in [0.2, 0.25) is 0 Å². The topological polar surface area (TPSA) is 76.6 Å². The molecule has 1 aromatic carbocycles.